The van der Waals surface area contributed by atoms with Crippen LogP contribution in [-0.4, -0.2) is 53.8 Å². The molecule has 0 bridgehead atoms. The third-order valence-electron chi connectivity index (χ3n) is 2.74. The maximum Gasteiger partial charge on any atom is 0.326 e. The molecule has 17 heavy (non-hydrogen) atoms. The van der Waals surface area contributed by atoms with Crippen molar-refractivity contribution >= 4 is 12.0 Å². The van der Waals surface area contributed by atoms with Gasteiger partial charge in [-0.3, -0.25) is 0 Å². The highest BCUT2D eigenvalue weighted by molar-refractivity contribution is 5.83. The molecule has 98 valence electrons. The summed E-state index contributed by atoms with van der Waals surface area (Å²) >= 11 is 0. The van der Waals surface area contributed by atoms with Gasteiger partial charge in [0.15, 0.2) is 0 Å². The highest BCUT2D eigenvalue weighted by atomic mass is 16.5. The van der Waals surface area contributed by atoms with Crippen LogP contribution in [0, 0.1) is 0 Å². The summed E-state index contributed by atoms with van der Waals surface area (Å²) in [5.74, 6) is -0.935. The Bertz CT molecular complexity index is 283. The second-order valence-corrected chi connectivity index (χ2v) is 4.20. The molecule has 0 radical (unpaired) electrons. The van der Waals surface area contributed by atoms with E-state index in [1.807, 2.05) is 13.8 Å². The molecule has 1 rings (SSSR count). The number of carbonyl (C=O) groups excluding carboxylic acids is 1. The topological polar surface area (TPSA) is 78.9 Å². The summed E-state index contributed by atoms with van der Waals surface area (Å²) in [6.07, 6.45) is 1.27. The number of ether oxygens (including phenoxy) is 1. The zero-order chi connectivity index (χ0) is 12.8. The second-order valence-electron chi connectivity index (χ2n) is 4.20. The third kappa shape index (κ3) is 3.89. The van der Waals surface area contributed by atoms with Crippen LogP contribution < -0.4 is 5.32 Å². The number of carbonyl (C=O) groups is 2. The Balaban J connectivity index is 2.43. The first-order valence-electron chi connectivity index (χ1n) is 5.94. The monoisotopic (exact) mass is 244 g/mol. The summed E-state index contributed by atoms with van der Waals surface area (Å²) in [7, 11) is 0. The van der Waals surface area contributed by atoms with Gasteiger partial charge in [-0.25, -0.2) is 9.59 Å². The molecule has 1 unspecified atom stereocenters. The number of urea groups is 1. The highest BCUT2D eigenvalue weighted by Gasteiger charge is 2.34. The van der Waals surface area contributed by atoms with E-state index >= 15 is 0 Å². The molecule has 2 N–H and O–H groups in total. The molecule has 2 atom stereocenters. The second kappa shape index (κ2) is 6.44. The quantitative estimate of drug-likeness (QED) is 0.745. The molecular weight excluding hydrogens is 224 g/mol. The van der Waals surface area contributed by atoms with E-state index in [0.29, 0.717) is 26.2 Å². The summed E-state index contributed by atoms with van der Waals surface area (Å²) < 4.78 is 5.18. The molecule has 1 saturated heterocycles. The van der Waals surface area contributed by atoms with Crippen molar-refractivity contribution in [1.29, 1.82) is 0 Å². The molecule has 0 aromatic heterocycles. The summed E-state index contributed by atoms with van der Waals surface area (Å²) in [6.45, 7) is 5.26. The molecule has 2 amide bonds. The fourth-order valence-corrected chi connectivity index (χ4v) is 1.90. The Hall–Kier alpha value is -1.30. The lowest BCUT2D eigenvalue weighted by Gasteiger charge is -2.24. The van der Waals surface area contributed by atoms with Crippen LogP contribution in [-0.2, 0) is 9.53 Å². The number of amides is 2. The number of rotatable bonds is 5. The molecule has 6 heteroatoms. The third-order valence-corrected chi connectivity index (χ3v) is 2.74. The van der Waals surface area contributed by atoms with Crippen LogP contribution in [0.1, 0.15) is 26.7 Å². The van der Waals surface area contributed by atoms with Crippen LogP contribution in [0.4, 0.5) is 4.79 Å². The number of nitrogens with one attached hydrogen (secondary N) is 1. The van der Waals surface area contributed by atoms with Gasteiger partial charge in [0, 0.05) is 13.2 Å². The zero-order valence-corrected chi connectivity index (χ0v) is 10.3. The van der Waals surface area contributed by atoms with Gasteiger partial charge in [-0.15, -0.1) is 0 Å². The number of nitrogens with zero attached hydrogens (tertiary/aromatic N) is 1. The Morgan fingerprint density at radius 2 is 2.29 bits per heavy atom. The average molecular weight is 244 g/mol. The lowest BCUT2D eigenvalue weighted by Crippen LogP contribution is -2.49. The van der Waals surface area contributed by atoms with Crippen LogP contribution in [0.15, 0.2) is 0 Å². The van der Waals surface area contributed by atoms with Crippen molar-refractivity contribution in [1.82, 2.24) is 10.2 Å². The van der Waals surface area contributed by atoms with E-state index in [-0.39, 0.29) is 12.1 Å². The van der Waals surface area contributed by atoms with E-state index in [1.165, 1.54) is 4.90 Å². The van der Waals surface area contributed by atoms with Crippen molar-refractivity contribution in [2.24, 2.45) is 0 Å². The van der Waals surface area contributed by atoms with Crippen LogP contribution >= 0.6 is 0 Å². The fourth-order valence-electron chi connectivity index (χ4n) is 1.90. The molecule has 1 heterocycles. The summed E-state index contributed by atoms with van der Waals surface area (Å²) in [5, 5.41) is 11.7. The van der Waals surface area contributed by atoms with Gasteiger partial charge >= 0.3 is 12.0 Å². The van der Waals surface area contributed by atoms with Crippen LogP contribution in [0.25, 0.3) is 0 Å². The zero-order valence-electron chi connectivity index (χ0n) is 10.3. The van der Waals surface area contributed by atoms with E-state index in [0.717, 1.165) is 6.42 Å². The van der Waals surface area contributed by atoms with Crippen LogP contribution in [0.3, 0.4) is 0 Å². The van der Waals surface area contributed by atoms with Crippen molar-refractivity contribution in [3.63, 3.8) is 0 Å². The van der Waals surface area contributed by atoms with Crippen molar-refractivity contribution < 1.29 is 19.4 Å². The molecular formula is C11H20N2O4. The SMILES string of the molecule is CCOCC(C)NC(=O)N1CCC[C@H]1C(=O)O. The molecule has 1 aliphatic rings. The van der Waals surface area contributed by atoms with Gasteiger partial charge in [0.25, 0.3) is 0 Å². The Morgan fingerprint density at radius 3 is 2.88 bits per heavy atom. The van der Waals surface area contributed by atoms with Crippen molar-refractivity contribution in [3.8, 4) is 0 Å². The molecule has 0 aliphatic carbocycles. The molecule has 0 saturated carbocycles. The predicted octanol–water partition coefficient (Wildman–Crippen LogP) is 0.670. The average Bonchev–Trinajstić information content (AvgIpc) is 2.75. The molecule has 1 fully saturated rings. The Labute approximate surface area is 101 Å². The van der Waals surface area contributed by atoms with Crippen molar-refractivity contribution in [2.75, 3.05) is 19.8 Å². The van der Waals surface area contributed by atoms with Crippen molar-refractivity contribution in [3.05, 3.63) is 0 Å². The number of carboxylic acid groups (broad SMARTS) is 1. The number of likely N-dealkylation sites (tertiary alicyclic amines) is 1. The normalized spacial score (nSPS) is 21.3. The first kappa shape index (κ1) is 13.8. The van der Waals surface area contributed by atoms with Gasteiger partial charge in [-0.2, -0.15) is 0 Å². The van der Waals surface area contributed by atoms with E-state index in [2.05, 4.69) is 5.32 Å². The standard InChI is InChI=1S/C11H20N2O4/c1-3-17-7-8(2)12-11(16)13-6-4-5-9(13)10(14)15/h8-9H,3-7H2,1-2H3,(H,12,16)(H,14,15)/t8?,9-/m0/s1. The van der Waals surface area contributed by atoms with E-state index in [4.69, 9.17) is 9.84 Å². The Kier molecular flexibility index (Phi) is 5.21. The number of hydrogen-bond donors (Lipinski definition) is 2. The largest absolute Gasteiger partial charge is 0.480 e. The van der Waals surface area contributed by atoms with Gasteiger partial charge in [0.1, 0.15) is 6.04 Å². The lowest BCUT2D eigenvalue weighted by molar-refractivity contribution is -0.141. The maximum absolute atomic E-state index is 11.8. The molecule has 0 spiro atoms. The maximum atomic E-state index is 11.8. The van der Waals surface area contributed by atoms with Gasteiger partial charge in [0.05, 0.1) is 12.6 Å². The van der Waals surface area contributed by atoms with E-state index in [9.17, 15) is 9.59 Å². The van der Waals surface area contributed by atoms with Gasteiger partial charge in [-0.1, -0.05) is 0 Å². The Morgan fingerprint density at radius 1 is 1.59 bits per heavy atom. The molecule has 1 aliphatic heterocycles. The van der Waals surface area contributed by atoms with Gasteiger partial charge < -0.3 is 20.1 Å². The number of hydrogen-bond acceptors (Lipinski definition) is 3. The van der Waals surface area contributed by atoms with Crippen LogP contribution in [0.5, 0.6) is 0 Å². The van der Waals surface area contributed by atoms with E-state index in [1.54, 1.807) is 0 Å². The van der Waals surface area contributed by atoms with Gasteiger partial charge in [0.2, 0.25) is 0 Å². The minimum atomic E-state index is -0.935. The van der Waals surface area contributed by atoms with Crippen LogP contribution in [0.2, 0.25) is 0 Å². The first-order valence-corrected chi connectivity index (χ1v) is 5.94. The van der Waals surface area contributed by atoms with Gasteiger partial charge in [-0.05, 0) is 26.7 Å². The molecule has 6 nitrogen and oxygen atoms in total. The van der Waals surface area contributed by atoms with Crippen molar-refractivity contribution in [2.45, 2.75) is 38.8 Å². The van der Waals surface area contributed by atoms with E-state index < -0.39 is 12.0 Å². The molecule has 0 aromatic carbocycles. The highest BCUT2D eigenvalue weighted by Crippen LogP contribution is 2.17. The fraction of sp³-hybridized carbons (Fsp3) is 0.818. The first-order chi connectivity index (χ1) is 8.06. The number of aliphatic carboxylic acids is 1. The summed E-state index contributed by atoms with van der Waals surface area (Å²) in [4.78, 5) is 24.1. The predicted molar refractivity (Wildman–Crippen MR) is 61.9 cm³/mol. The molecule has 0 aromatic rings. The lowest BCUT2D eigenvalue weighted by atomic mass is 10.2. The summed E-state index contributed by atoms with van der Waals surface area (Å²) in [5.41, 5.74) is 0. The summed E-state index contributed by atoms with van der Waals surface area (Å²) in [6, 6.07) is -1.12. The minimum absolute atomic E-state index is 0.113. The number of carboxylic acids is 1. The minimum Gasteiger partial charge on any atom is -0.480 e. The smallest absolute Gasteiger partial charge is 0.326 e.